The Hall–Kier alpha value is -3.46. The highest BCUT2D eigenvalue weighted by atomic mass is 16.7. The molecule has 1 aliphatic heterocycles. The van der Waals surface area contributed by atoms with Gasteiger partial charge in [-0.25, -0.2) is 4.79 Å². The number of rotatable bonds is 4. The average Bonchev–Trinajstić information content (AvgIpc) is 3.31. The van der Waals surface area contributed by atoms with Crippen molar-refractivity contribution in [1.29, 1.82) is 0 Å². The Labute approximate surface area is 160 Å². The first kappa shape index (κ1) is 17.9. The molecule has 0 radical (unpaired) electrons. The molecule has 9 heteroatoms. The van der Waals surface area contributed by atoms with Crippen LogP contribution < -0.4 is 4.84 Å². The van der Waals surface area contributed by atoms with Gasteiger partial charge in [-0.3, -0.25) is 4.90 Å². The van der Waals surface area contributed by atoms with Gasteiger partial charge in [0.1, 0.15) is 0 Å². The van der Waals surface area contributed by atoms with Gasteiger partial charge in [-0.05, 0) is 0 Å². The molecule has 1 aromatic carbocycles. The van der Waals surface area contributed by atoms with Crippen LogP contribution in [0.4, 0.5) is 4.79 Å². The molecule has 0 spiro atoms. The van der Waals surface area contributed by atoms with Crippen LogP contribution in [0.5, 0.6) is 11.8 Å². The molecule has 1 fully saturated rings. The van der Waals surface area contributed by atoms with Crippen molar-refractivity contribution >= 4 is 6.09 Å². The second-order valence-electron chi connectivity index (χ2n) is 6.51. The summed E-state index contributed by atoms with van der Waals surface area (Å²) in [4.78, 5) is 20.9. The molecule has 1 amide bonds. The summed E-state index contributed by atoms with van der Waals surface area (Å²) >= 11 is 0. The molecular weight excluding hydrogens is 364 g/mol. The van der Waals surface area contributed by atoms with E-state index in [1.807, 2.05) is 36.4 Å². The zero-order valence-electron chi connectivity index (χ0n) is 15.1. The Kier molecular flexibility index (Phi) is 4.90. The van der Waals surface area contributed by atoms with Crippen molar-refractivity contribution in [1.82, 2.24) is 19.7 Å². The van der Waals surface area contributed by atoms with E-state index < -0.39 is 6.09 Å². The number of hydrogen-bond donors (Lipinski definition) is 2. The van der Waals surface area contributed by atoms with E-state index >= 15 is 0 Å². The molecule has 28 heavy (non-hydrogen) atoms. The Balaban J connectivity index is 1.30. The summed E-state index contributed by atoms with van der Waals surface area (Å²) in [6.45, 7) is 2.84. The number of nitrogens with zero attached hydrogens (tertiary/aromatic N) is 4. The second-order valence-corrected chi connectivity index (χ2v) is 6.51. The molecule has 3 heterocycles. The highest BCUT2D eigenvalue weighted by Crippen LogP contribution is 2.21. The van der Waals surface area contributed by atoms with E-state index in [9.17, 15) is 15.0 Å². The summed E-state index contributed by atoms with van der Waals surface area (Å²) in [5, 5.41) is 23.2. The van der Waals surface area contributed by atoms with Crippen molar-refractivity contribution in [2.45, 2.75) is 6.54 Å². The monoisotopic (exact) mass is 384 g/mol. The number of piperazine rings is 1. The molecule has 3 aromatic rings. The summed E-state index contributed by atoms with van der Waals surface area (Å²) in [5.74, 6) is 0.0404. The van der Waals surface area contributed by atoms with Crippen molar-refractivity contribution in [3.05, 3.63) is 54.2 Å². The Morgan fingerprint density at radius 2 is 1.71 bits per heavy atom. The number of hydrogen-bond acceptors (Lipinski definition) is 7. The van der Waals surface area contributed by atoms with Crippen LogP contribution in [0.1, 0.15) is 5.69 Å². The lowest BCUT2D eigenvalue weighted by Gasteiger charge is -2.33. The van der Waals surface area contributed by atoms with E-state index in [0.29, 0.717) is 37.5 Å². The number of aromatic hydroxyl groups is 2. The quantitative estimate of drug-likeness (QED) is 0.708. The molecule has 0 bridgehead atoms. The van der Waals surface area contributed by atoms with E-state index in [0.717, 1.165) is 17.0 Å². The van der Waals surface area contributed by atoms with Crippen LogP contribution in [-0.2, 0) is 6.54 Å². The minimum atomic E-state index is -0.630. The smallest absolute Gasteiger partial charge is 0.434 e. The summed E-state index contributed by atoms with van der Waals surface area (Å²) in [7, 11) is 0. The van der Waals surface area contributed by atoms with E-state index in [-0.39, 0.29) is 11.8 Å². The Bertz CT molecular complexity index is 925. The maximum atomic E-state index is 12.2. The first-order valence-electron chi connectivity index (χ1n) is 8.90. The van der Waals surface area contributed by atoms with Gasteiger partial charge < -0.3 is 24.5 Å². The number of carbonyl (C=O) groups excluding carboxylic acids is 1. The van der Waals surface area contributed by atoms with Gasteiger partial charge in [0.05, 0.1) is 5.69 Å². The molecule has 146 valence electrons. The predicted octanol–water partition coefficient (Wildman–Crippen LogP) is 1.92. The topological polar surface area (TPSA) is 104 Å². The predicted molar refractivity (Wildman–Crippen MR) is 98.5 cm³/mol. The van der Waals surface area contributed by atoms with Crippen LogP contribution in [0.15, 0.2) is 53.1 Å². The van der Waals surface area contributed by atoms with Crippen LogP contribution in [0, 0.1) is 0 Å². The van der Waals surface area contributed by atoms with Gasteiger partial charge in [-0.1, -0.05) is 35.5 Å². The van der Waals surface area contributed by atoms with Gasteiger partial charge in [-0.15, -0.1) is 4.73 Å². The molecule has 1 saturated heterocycles. The number of aromatic nitrogens is 2. The van der Waals surface area contributed by atoms with Crippen molar-refractivity contribution in [3.8, 4) is 23.1 Å². The summed E-state index contributed by atoms with van der Waals surface area (Å²) < 4.78 is 6.11. The largest absolute Gasteiger partial charge is 0.492 e. The van der Waals surface area contributed by atoms with Gasteiger partial charge in [0, 0.05) is 56.5 Å². The fourth-order valence-corrected chi connectivity index (χ4v) is 3.07. The summed E-state index contributed by atoms with van der Waals surface area (Å²) in [5.41, 5.74) is 1.81. The third-order valence-corrected chi connectivity index (χ3v) is 4.60. The Morgan fingerprint density at radius 3 is 2.39 bits per heavy atom. The van der Waals surface area contributed by atoms with Crippen LogP contribution in [0.3, 0.4) is 0 Å². The zero-order valence-corrected chi connectivity index (χ0v) is 15.1. The van der Waals surface area contributed by atoms with Crippen molar-refractivity contribution in [3.63, 3.8) is 0 Å². The van der Waals surface area contributed by atoms with Gasteiger partial charge in [-0.2, -0.15) is 0 Å². The minimum absolute atomic E-state index is 0.343. The van der Waals surface area contributed by atoms with Gasteiger partial charge in [0.2, 0.25) is 11.8 Å². The van der Waals surface area contributed by atoms with E-state index in [4.69, 9.17) is 9.36 Å². The first-order chi connectivity index (χ1) is 13.6. The molecule has 4 rings (SSSR count). The van der Waals surface area contributed by atoms with Crippen LogP contribution in [0.25, 0.3) is 11.3 Å². The Morgan fingerprint density at radius 1 is 1.04 bits per heavy atom. The van der Waals surface area contributed by atoms with Crippen LogP contribution in [-0.4, -0.2) is 62.2 Å². The van der Waals surface area contributed by atoms with Crippen molar-refractivity contribution in [2.75, 3.05) is 26.2 Å². The van der Waals surface area contributed by atoms with E-state index in [1.165, 1.54) is 17.0 Å². The minimum Gasteiger partial charge on any atom is -0.492 e. The van der Waals surface area contributed by atoms with Crippen molar-refractivity contribution < 1.29 is 24.4 Å². The maximum Gasteiger partial charge on any atom is 0.434 e. The van der Waals surface area contributed by atoms with Crippen molar-refractivity contribution in [2.24, 2.45) is 0 Å². The lowest BCUT2D eigenvalue weighted by atomic mass is 10.1. The molecule has 2 N–H and O–H groups in total. The van der Waals surface area contributed by atoms with Crippen LogP contribution in [0.2, 0.25) is 0 Å². The SMILES string of the molecule is O=C(On1c(O)ccc1O)N1CCN(Cc2cc(-c3ccccc3)on2)CC1. The third-order valence-electron chi connectivity index (χ3n) is 4.60. The molecule has 0 atom stereocenters. The second kappa shape index (κ2) is 7.65. The summed E-state index contributed by atoms with van der Waals surface area (Å²) in [6, 6.07) is 14.2. The fourth-order valence-electron chi connectivity index (χ4n) is 3.07. The first-order valence-corrected chi connectivity index (χ1v) is 8.90. The molecule has 9 nitrogen and oxygen atoms in total. The third kappa shape index (κ3) is 3.79. The average molecular weight is 384 g/mol. The van der Waals surface area contributed by atoms with Gasteiger partial charge in [0.15, 0.2) is 5.76 Å². The highest BCUT2D eigenvalue weighted by Gasteiger charge is 2.25. The molecule has 2 aromatic heterocycles. The molecule has 0 aliphatic carbocycles. The van der Waals surface area contributed by atoms with E-state index in [2.05, 4.69) is 10.1 Å². The molecular formula is C19H20N4O5. The van der Waals surface area contributed by atoms with E-state index in [1.54, 1.807) is 0 Å². The maximum absolute atomic E-state index is 12.2. The fraction of sp³-hybridized carbons (Fsp3) is 0.263. The summed E-state index contributed by atoms with van der Waals surface area (Å²) in [6.07, 6.45) is -0.630. The van der Waals surface area contributed by atoms with Crippen LogP contribution >= 0.6 is 0 Å². The number of benzene rings is 1. The normalized spacial score (nSPS) is 14.9. The number of carbonyl (C=O) groups is 1. The molecule has 0 saturated carbocycles. The van der Waals surface area contributed by atoms with Gasteiger partial charge in [0.25, 0.3) is 0 Å². The highest BCUT2D eigenvalue weighted by molar-refractivity contribution is 5.68. The van der Waals surface area contributed by atoms with Gasteiger partial charge >= 0.3 is 6.09 Å². The number of amides is 1. The zero-order chi connectivity index (χ0) is 19.5. The lowest BCUT2D eigenvalue weighted by molar-refractivity contribution is 0.0552. The molecule has 1 aliphatic rings. The lowest BCUT2D eigenvalue weighted by Crippen LogP contribution is -2.50. The standard InChI is InChI=1S/C19H20N4O5/c24-17-6-7-18(25)23(17)28-19(26)22-10-8-21(9-11-22)13-15-12-16(27-20-15)14-4-2-1-3-5-14/h1-7,12,24-25H,8-11,13H2. The molecule has 0 unspecified atom stereocenters.